The fourth-order valence-electron chi connectivity index (χ4n) is 3.75. The molecule has 1 aliphatic carbocycles. The molecule has 0 unspecified atom stereocenters. The van der Waals surface area contributed by atoms with Crippen molar-refractivity contribution in [3.8, 4) is 5.75 Å². The van der Waals surface area contributed by atoms with Gasteiger partial charge in [-0.1, -0.05) is 28.8 Å². The van der Waals surface area contributed by atoms with Crippen LogP contribution in [0.25, 0.3) is 0 Å². The molecule has 6 nitrogen and oxygen atoms in total. The number of carbonyl (C=O) groups excluding carboxylic acids is 2. The Hall–Kier alpha value is -1.60. The zero-order chi connectivity index (χ0) is 18.6. The van der Waals surface area contributed by atoms with E-state index >= 15 is 0 Å². The minimum atomic E-state index is -0.589. The van der Waals surface area contributed by atoms with Crippen LogP contribution < -0.4 is 15.4 Å². The maximum absolute atomic E-state index is 12.6. The number of carbonyl (C=O) groups is 2. The molecule has 0 bridgehead atoms. The molecule has 1 spiro atoms. The van der Waals surface area contributed by atoms with Crippen LogP contribution in [-0.4, -0.2) is 42.6 Å². The summed E-state index contributed by atoms with van der Waals surface area (Å²) in [6.45, 7) is 2.07. The van der Waals surface area contributed by atoms with Crippen molar-refractivity contribution in [1.82, 2.24) is 15.5 Å². The second-order valence-corrected chi connectivity index (χ2v) is 7.87. The summed E-state index contributed by atoms with van der Waals surface area (Å²) in [6, 6.07) is 5.69. The third-order valence-corrected chi connectivity index (χ3v) is 6.03. The highest BCUT2D eigenvalue weighted by Crippen LogP contribution is 2.35. The lowest BCUT2D eigenvalue weighted by atomic mass is 9.98. The lowest BCUT2D eigenvalue weighted by molar-refractivity contribution is -0.131. The maximum atomic E-state index is 12.6. The van der Waals surface area contributed by atoms with E-state index in [9.17, 15) is 9.59 Å². The van der Waals surface area contributed by atoms with Crippen LogP contribution in [0.2, 0.25) is 0 Å². The zero-order valence-electron chi connectivity index (χ0n) is 15.1. The predicted octanol–water partition coefficient (Wildman–Crippen LogP) is 3.19. The van der Waals surface area contributed by atoms with Crippen LogP contribution in [0.3, 0.4) is 0 Å². The van der Waals surface area contributed by atoms with Gasteiger partial charge >= 0.3 is 6.03 Å². The number of unbranched alkanes of at least 4 members (excludes halogenated alkanes) is 1. The summed E-state index contributed by atoms with van der Waals surface area (Å²) >= 11 is 3.55. The van der Waals surface area contributed by atoms with E-state index in [4.69, 9.17) is 4.74 Å². The molecule has 3 rings (SSSR count). The van der Waals surface area contributed by atoms with Gasteiger partial charge in [0.25, 0.3) is 5.91 Å². The van der Waals surface area contributed by atoms with Crippen molar-refractivity contribution in [1.29, 1.82) is 0 Å². The van der Waals surface area contributed by atoms with Crippen molar-refractivity contribution in [2.24, 2.45) is 0 Å². The van der Waals surface area contributed by atoms with Crippen LogP contribution in [-0.2, 0) is 11.3 Å². The maximum Gasteiger partial charge on any atom is 0.325 e. The number of nitrogens with one attached hydrogen (secondary N) is 2. The number of rotatable bonds is 8. The van der Waals surface area contributed by atoms with E-state index in [1.165, 1.54) is 4.90 Å². The van der Waals surface area contributed by atoms with Gasteiger partial charge in [-0.3, -0.25) is 9.69 Å². The molecule has 2 aliphatic rings. The quantitative estimate of drug-likeness (QED) is 0.497. The fraction of sp³-hybridized carbons (Fsp3) is 0.579. The zero-order valence-corrected chi connectivity index (χ0v) is 16.7. The van der Waals surface area contributed by atoms with E-state index in [2.05, 4.69) is 26.6 Å². The monoisotopic (exact) mass is 423 g/mol. The average Bonchev–Trinajstić information content (AvgIpc) is 3.19. The minimum absolute atomic E-state index is 0.0201. The second kappa shape index (κ2) is 8.39. The SMILES string of the molecule is COc1ccc(Br)c(CNCCCCN2C(=O)NC3(CCCC3)C2=O)c1. The number of urea groups is 1. The number of halogens is 1. The van der Waals surface area contributed by atoms with Gasteiger partial charge in [-0.05, 0) is 56.0 Å². The summed E-state index contributed by atoms with van der Waals surface area (Å²) in [5, 5.41) is 6.33. The molecule has 2 fully saturated rings. The van der Waals surface area contributed by atoms with Crippen LogP contribution in [0.5, 0.6) is 5.75 Å². The Kier molecular flexibility index (Phi) is 6.19. The van der Waals surface area contributed by atoms with Gasteiger partial charge < -0.3 is 15.4 Å². The molecule has 1 saturated heterocycles. The van der Waals surface area contributed by atoms with Gasteiger partial charge in [0.1, 0.15) is 11.3 Å². The van der Waals surface area contributed by atoms with E-state index in [0.29, 0.717) is 6.54 Å². The number of benzene rings is 1. The first-order valence-electron chi connectivity index (χ1n) is 9.23. The molecule has 3 amide bonds. The minimum Gasteiger partial charge on any atom is -0.497 e. The van der Waals surface area contributed by atoms with Crippen molar-refractivity contribution >= 4 is 27.9 Å². The van der Waals surface area contributed by atoms with Crippen molar-refractivity contribution in [2.45, 2.75) is 50.6 Å². The summed E-state index contributed by atoms with van der Waals surface area (Å²) in [7, 11) is 1.66. The molecule has 1 aliphatic heterocycles. The molecule has 142 valence electrons. The normalized spacial score (nSPS) is 18.6. The third-order valence-electron chi connectivity index (χ3n) is 5.26. The number of nitrogens with zero attached hydrogens (tertiary/aromatic N) is 1. The van der Waals surface area contributed by atoms with E-state index in [1.807, 2.05) is 18.2 Å². The van der Waals surface area contributed by atoms with E-state index in [0.717, 1.165) is 67.4 Å². The fourth-order valence-corrected chi connectivity index (χ4v) is 4.14. The van der Waals surface area contributed by atoms with Crippen molar-refractivity contribution in [3.63, 3.8) is 0 Å². The number of methoxy groups -OCH3 is 1. The van der Waals surface area contributed by atoms with Crippen LogP contribution in [0.15, 0.2) is 22.7 Å². The van der Waals surface area contributed by atoms with Gasteiger partial charge in [0.2, 0.25) is 0 Å². The summed E-state index contributed by atoms with van der Waals surface area (Å²) in [5.74, 6) is 0.817. The Morgan fingerprint density at radius 2 is 2.04 bits per heavy atom. The lowest BCUT2D eigenvalue weighted by Crippen LogP contribution is -2.44. The van der Waals surface area contributed by atoms with Crippen molar-refractivity contribution < 1.29 is 14.3 Å². The number of hydrogen-bond donors (Lipinski definition) is 2. The van der Waals surface area contributed by atoms with E-state index in [1.54, 1.807) is 7.11 Å². The van der Waals surface area contributed by atoms with Crippen molar-refractivity contribution in [2.75, 3.05) is 20.2 Å². The average molecular weight is 424 g/mol. The third kappa shape index (κ3) is 4.04. The number of ether oxygens (including phenoxy) is 1. The number of imide groups is 1. The summed E-state index contributed by atoms with van der Waals surface area (Å²) in [4.78, 5) is 26.1. The second-order valence-electron chi connectivity index (χ2n) is 7.02. The van der Waals surface area contributed by atoms with Crippen LogP contribution >= 0.6 is 15.9 Å². The van der Waals surface area contributed by atoms with Gasteiger partial charge in [-0.15, -0.1) is 0 Å². The largest absolute Gasteiger partial charge is 0.497 e. The van der Waals surface area contributed by atoms with Gasteiger partial charge in [0.15, 0.2) is 0 Å². The van der Waals surface area contributed by atoms with Gasteiger partial charge in [0, 0.05) is 17.6 Å². The molecule has 7 heteroatoms. The first-order valence-corrected chi connectivity index (χ1v) is 10.0. The molecule has 2 N–H and O–H groups in total. The molecule has 26 heavy (non-hydrogen) atoms. The first kappa shape index (κ1) is 19.2. The van der Waals surface area contributed by atoms with E-state index < -0.39 is 5.54 Å². The Morgan fingerprint density at radius 3 is 2.77 bits per heavy atom. The Labute approximate surface area is 162 Å². The van der Waals surface area contributed by atoms with Gasteiger partial charge in [-0.25, -0.2) is 4.79 Å². The van der Waals surface area contributed by atoms with Gasteiger partial charge in [-0.2, -0.15) is 0 Å². The molecule has 1 heterocycles. The van der Waals surface area contributed by atoms with Crippen LogP contribution in [0, 0.1) is 0 Å². The van der Waals surface area contributed by atoms with Crippen LogP contribution in [0.4, 0.5) is 4.79 Å². The summed E-state index contributed by atoms with van der Waals surface area (Å²) < 4.78 is 6.30. The highest BCUT2D eigenvalue weighted by molar-refractivity contribution is 9.10. The number of hydrogen-bond acceptors (Lipinski definition) is 4. The highest BCUT2D eigenvalue weighted by atomic mass is 79.9. The lowest BCUT2D eigenvalue weighted by Gasteiger charge is -2.20. The molecule has 1 aromatic carbocycles. The Morgan fingerprint density at radius 1 is 1.27 bits per heavy atom. The Balaban J connectivity index is 1.38. The summed E-state index contributed by atoms with van der Waals surface area (Å²) in [5.41, 5.74) is 0.551. The van der Waals surface area contributed by atoms with Crippen molar-refractivity contribution in [3.05, 3.63) is 28.2 Å². The van der Waals surface area contributed by atoms with Crippen LogP contribution in [0.1, 0.15) is 44.1 Å². The molecule has 1 saturated carbocycles. The smallest absolute Gasteiger partial charge is 0.325 e. The molecular formula is C19H26BrN3O3. The first-order chi connectivity index (χ1) is 12.6. The Bertz CT molecular complexity index is 674. The molecule has 0 radical (unpaired) electrons. The molecule has 0 atom stereocenters. The molecular weight excluding hydrogens is 398 g/mol. The molecule has 1 aromatic rings. The summed E-state index contributed by atoms with van der Waals surface area (Å²) in [6.07, 6.45) is 5.32. The van der Waals surface area contributed by atoms with E-state index in [-0.39, 0.29) is 11.9 Å². The molecule has 0 aromatic heterocycles. The van der Waals surface area contributed by atoms with Gasteiger partial charge in [0.05, 0.1) is 7.11 Å². The number of amides is 3. The predicted molar refractivity (Wildman–Crippen MR) is 103 cm³/mol. The topological polar surface area (TPSA) is 70.7 Å². The highest BCUT2D eigenvalue weighted by Gasteiger charge is 2.51. The standard InChI is InChI=1S/C19H26BrN3O3/c1-26-15-6-7-16(20)14(12-15)13-21-10-4-5-11-23-17(24)19(22-18(23)25)8-2-3-9-19/h6-7,12,21H,2-5,8-11,13H2,1H3,(H,22,25).